The van der Waals surface area contributed by atoms with Crippen LogP contribution in [0.4, 0.5) is 13.9 Å². The first-order valence-electron chi connectivity index (χ1n) is 8.29. The summed E-state index contributed by atoms with van der Waals surface area (Å²) in [6.07, 6.45) is -1.15. The third-order valence-corrected chi connectivity index (χ3v) is 5.66. The highest BCUT2D eigenvalue weighted by molar-refractivity contribution is 7.15. The van der Waals surface area contributed by atoms with E-state index in [9.17, 15) is 13.6 Å². The van der Waals surface area contributed by atoms with Gasteiger partial charge >= 0.3 is 0 Å². The highest BCUT2D eigenvalue weighted by Crippen LogP contribution is 2.30. The largest absolute Gasteiger partial charge is 0.296 e. The number of pyridine rings is 1. The van der Waals surface area contributed by atoms with Crippen molar-refractivity contribution in [2.24, 2.45) is 0 Å². The second-order valence-corrected chi connectivity index (χ2v) is 8.11. The number of alkyl halides is 2. The van der Waals surface area contributed by atoms with Gasteiger partial charge < -0.3 is 0 Å². The van der Waals surface area contributed by atoms with E-state index < -0.39 is 17.3 Å². The van der Waals surface area contributed by atoms with E-state index in [1.807, 2.05) is 31.4 Å². The molecule has 0 radical (unpaired) electrons. The lowest BCUT2D eigenvalue weighted by atomic mass is 10.1. The van der Waals surface area contributed by atoms with Crippen molar-refractivity contribution in [3.63, 3.8) is 0 Å². The topological polar surface area (TPSA) is 85.6 Å². The number of anilines is 1. The predicted octanol–water partition coefficient (Wildman–Crippen LogP) is 4.78. The maximum atomic E-state index is 12.9. The van der Waals surface area contributed by atoms with E-state index in [0.29, 0.717) is 33.6 Å². The Kier molecular flexibility index (Phi) is 4.85. The standard InChI is InChI=1S/C17H14F2N6OS2/c1-8(2)25-14-10(7-20-25)9(6-11(21-14)12-4-3-5-27-12)15(26)22-17-24-23-16(28-17)13(18)19/h3-8,13H,1-2H3,(H,22,24,26). The Bertz CT molecular complexity index is 1140. The summed E-state index contributed by atoms with van der Waals surface area (Å²) in [5.41, 5.74) is 1.56. The molecule has 7 nitrogen and oxygen atoms in total. The van der Waals surface area contributed by atoms with E-state index in [1.54, 1.807) is 16.9 Å². The molecule has 0 bridgehead atoms. The van der Waals surface area contributed by atoms with Crippen molar-refractivity contribution in [3.8, 4) is 10.6 Å². The Morgan fingerprint density at radius 1 is 1.29 bits per heavy atom. The highest BCUT2D eigenvalue weighted by Gasteiger charge is 2.21. The zero-order valence-corrected chi connectivity index (χ0v) is 16.4. The molecule has 28 heavy (non-hydrogen) atoms. The number of thiophene rings is 1. The zero-order chi connectivity index (χ0) is 19.8. The van der Waals surface area contributed by atoms with Gasteiger partial charge in [-0.05, 0) is 31.4 Å². The molecular weight excluding hydrogens is 406 g/mol. The average molecular weight is 420 g/mol. The van der Waals surface area contributed by atoms with Crippen molar-refractivity contribution < 1.29 is 13.6 Å². The van der Waals surface area contributed by atoms with Gasteiger partial charge in [0.05, 0.1) is 27.7 Å². The van der Waals surface area contributed by atoms with Crippen molar-refractivity contribution in [3.05, 3.63) is 40.3 Å². The van der Waals surface area contributed by atoms with Crippen molar-refractivity contribution >= 4 is 44.7 Å². The fourth-order valence-corrected chi connectivity index (χ4v) is 3.95. The quantitative estimate of drug-likeness (QED) is 0.502. The minimum atomic E-state index is -2.73. The molecule has 0 saturated heterocycles. The highest BCUT2D eigenvalue weighted by atomic mass is 32.1. The number of hydrogen-bond donors (Lipinski definition) is 1. The molecule has 4 heterocycles. The summed E-state index contributed by atoms with van der Waals surface area (Å²) < 4.78 is 27.2. The fourth-order valence-electron chi connectivity index (χ4n) is 2.67. The van der Waals surface area contributed by atoms with E-state index in [0.717, 1.165) is 4.88 Å². The Labute approximate surface area is 166 Å². The summed E-state index contributed by atoms with van der Waals surface area (Å²) in [6, 6.07) is 5.54. The van der Waals surface area contributed by atoms with Crippen molar-refractivity contribution in [1.29, 1.82) is 0 Å². The summed E-state index contributed by atoms with van der Waals surface area (Å²) in [6.45, 7) is 3.94. The number of amides is 1. The van der Waals surface area contributed by atoms with Gasteiger partial charge in [0.2, 0.25) is 5.13 Å². The van der Waals surface area contributed by atoms with Crippen molar-refractivity contribution in [1.82, 2.24) is 25.0 Å². The maximum absolute atomic E-state index is 12.9. The molecule has 0 fully saturated rings. The van der Waals surface area contributed by atoms with Crippen LogP contribution in [0.25, 0.3) is 21.6 Å². The molecule has 0 saturated carbocycles. The first-order valence-corrected chi connectivity index (χ1v) is 9.98. The Hall–Kier alpha value is -2.79. The van der Waals surface area contributed by atoms with Crippen LogP contribution in [0.2, 0.25) is 0 Å². The molecule has 0 spiro atoms. The van der Waals surface area contributed by atoms with Crippen molar-refractivity contribution in [2.45, 2.75) is 26.3 Å². The molecule has 144 valence electrons. The molecule has 1 N–H and O–H groups in total. The minimum Gasteiger partial charge on any atom is -0.296 e. The predicted molar refractivity (Wildman–Crippen MR) is 104 cm³/mol. The SMILES string of the molecule is CC(C)n1ncc2c(C(=O)Nc3nnc(C(F)F)s3)cc(-c3cccs3)nc21. The van der Waals surface area contributed by atoms with Gasteiger partial charge in [-0.2, -0.15) is 5.10 Å². The third-order valence-electron chi connectivity index (χ3n) is 3.92. The van der Waals surface area contributed by atoms with E-state index in [1.165, 1.54) is 11.3 Å². The molecule has 11 heteroatoms. The summed E-state index contributed by atoms with van der Waals surface area (Å²) in [7, 11) is 0. The second kappa shape index (κ2) is 7.32. The van der Waals surface area contributed by atoms with Crippen LogP contribution in [0, 0.1) is 0 Å². The number of fused-ring (bicyclic) bond motifs is 1. The Balaban J connectivity index is 1.79. The number of aromatic nitrogens is 5. The van der Waals surface area contributed by atoms with Gasteiger partial charge in [0.1, 0.15) is 0 Å². The van der Waals surface area contributed by atoms with Gasteiger partial charge in [-0.25, -0.2) is 18.4 Å². The number of carbonyl (C=O) groups excluding carboxylic acids is 1. The van der Waals surface area contributed by atoms with E-state index >= 15 is 0 Å². The summed E-state index contributed by atoms with van der Waals surface area (Å²) >= 11 is 2.15. The van der Waals surface area contributed by atoms with Crippen LogP contribution >= 0.6 is 22.7 Å². The third kappa shape index (κ3) is 3.38. The van der Waals surface area contributed by atoms with Crippen LogP contribution < -0.4 is 5.32 Å². The van der Waals surface area contributed by atoms with Crippen LogP contribution in [0.5, 0.6) is 0 Å². The van der Waals surface area contributed by atoms with E-state index in [-0.39, 0.29) is 11.2 Å². The van der Waals surface area contributed by atoms with Gasteiger partial charge in [0.15, 0.2) is 10.7 Å². The number of nitrogens with zero attached hydrogens (tertiary/aromatic N) is 5. The van der Waals surface area contributed by atoms with Crippen LogP contribution in [-0.2, 0) is 0 Å². The lowest BCUT2D eigenvalue weighted by molar-refractivity contribution is 0.102. The summed E-state index contributed by atoms with van der Waals surface area (Å²) in [5, 5.41) is 16.0. The minimum absolute atomic E-state index is 0.0131. The van der Waals surface area contributed by atoms with Gasteiger partial charge in [0.25, 0.3) is 12.3 Å². The van der Waals surface area contributed by atoms with Gasteiger partial charge in [-0.15, -0.1) is 21.5 Å². The molecule has 1 amide bonds. The maximum Gasteiger partial charge on any atom is 0.291 e. The first kappa shape index (κ1) is 18.6. The molecule has 0 aliphatic rings. The summed E-state index contributed by atoms with van der Waals surface area (Å²) in [4.78, 5) is 18.5. The second-order valence-electron chi connectivity index (χ2n) is 6.15. The fraction of sp³-hybridized carbons (Fsp3) is 0.235. The number of hydrogen-bond acceptors (Lipinski definition) is 7. The van der Waals surface area contributed by atoms with Gasteiger partial charge in [0, 0.05) is 6.04 Å². The van der Waals surface area contributed by atoms with Crippen molar-refractivity contribution in [2.75, 3.05) is 5.32 Å². The number of carbonyl (C=O) groups is 1. The normalized spacial score (nSPS) is 11.6. The molecular formula is C17H14F2N6OS2. The molecule has 0 aliphatic heterocycles. The van der Waals surface area contributed by atoms with E-state index in [4.69, 9.17) is 0 Å². The van der Waals surface area contributed by atoms with E-state index in [2.05, 4.69) is 25.6 Å². The summed E-state index contributed by atoms with van der Waals surface area (Å²) in [5.74, 6) is -0.481. The molecule has 4 aromatic heterocycles. The molecule has 0 unspecified atom stereocenters. The van der Waals surface area contributed by atoms with Crippen LogP contribution in [0.15, 0.2) is 29.8 Å². The van der Waals surface area contributed by atoms with Gasteiger partial charge in [-0.1, -0.05) is 17.4 Å². The lowest BCUT2D eigenvalue weighted by Crippen LogP contribution is -2.13. The van der Waals surface area contributed by atoms with Crippen LogP contribution in [0.3, 0.4) is 0 Å². The van der Waals surface area contributed by atoms with Gasteiger partial charge in [-0.3, -0.25) is 10.1 Å². The van der Waals surface area contributed by atoms with Crippen LogP contribution in [0.1, 0.15) is 41.7 Å². The Morgan fingerprint density at radius 3 is 2.75 bits per heavy atom. The smallest absolute Gasteiger partial charge is 0.291 e. The molecule has 0 atom stereocenters. The number of halogens is 2. The molecule has 4 aromatic rings. The first-order chi connectivity index (χ1) is 13.4. The monoisotopic (exact) mass is 420 g/mol. The zero-order valence-electron chi connectivity index (χ0n) is 14.8. The molecule has 0 aliphatic carbocycles. The molecule has 4 rings (SSSR count). The lowest BCUT2D eigenvalue weighted by Gasteiger charge is -2.09. The Morgan fingerprint density at radius 2 is 2.11 bits per heavy atom. The molecule has 0 aromatic carbocycles. The van der Waals surface area contributed by atoms with Crippen LogP contribution in [-0.4, -0.2) is 30.9 Å². The number of nitrogens with one attached hydrogen (secondary N) is 1. The average Bonchev–Trinajstić information content (AvgIpc) is 3.40. The number of rotatable bonds is 5.